The summed E-state index contributed by atoms with van der Waals surface area (Å²) in [5, 5.41) is -0.605. The van der Waals surface area contributed by atoms with Crippen molar-refractivity contribution in [3.8, 4) is 0 Å². The fourth-order valence-electron chi connectivity index (χ4n) is 2.14. The van der Waals surface area contributed by atoms with Crippen LogP contribution in [0.15, 0.2) is 59.5 Å². The summed E-state index contributed by atoms with van der Waals surface area (Å²) < 4.78 is 24.4. The van der Waals surface area contributed by atoms with E-state index in [2.05, 4.69) is 0 Å². The van der Waals surface area contributed by atoms with Crippen LogP contribution in [0.3, 0.4) is 0 Å². The summed E-state index contributed by atoms with van der Waals surface area (Å²) >= 11 is 0. The van der Waals surface area contributed by atoms with E-state index in [0.717, 1.165) is 16.0 Å². The third-order valence-corrected chi connectivity index (χ3v) is 5.96. The summed E-state index contributed by atoms with van der Waals surface area (Å²) in [6, 6.07) is 17.1. The molecule has 0 aliphatic heterocycles. The van der Waals surface area contributed by atoms with Crippen LogP contribution >= 0.6 is 21.6 Å². The van der Waals surface area contributed by atoms with Gasteiger partial charge in [-0.3, -0.25) is 0 Å². The highest BCUT2D eigenvalue weighted by Gasteiger charge is 2.24. The minimum absolute atomic E-state index is 0.605. The van der Waals surface area contributed by atoms with Gasteiger partial charge in [-0.2, -0.15) is 0 Å². The van der Waals surface area contributed by atoms with Crippen molar-refractivity contribution in [1.82, 2.24) is 0 Å². The van der Waals surface area contributed by atoms with Crippen LogP contribution in [-0.2, 0) is 9.84 Å². The second-order valence-electron chi connectivity index (χ2n) is 4.44. The lowest BCUT2D eigenvalue weighted by Crippen LogP contribution is -2.13. The Morgan fingerprint density at radius 1 is 0.950 bits per heavy atom. The predicted octanol–water partition coefficient (Wildman–Crippen LogP) is 4.19. The van der Waals surface area contributed by atoms with Gasteiger partial charge in [-0.25, -0.2) is 8.42 Å². The highest BCUT2D eigenvalue weighted by atomic mass is 33.1. The Hall–Kier alpha value is -0.910. The molecule has 1 unspecified atom stereocenters. The Kier molecular flexibility index (Phi) is 5.18. The van der Waals surface area contributed by atoms with Crippen molar-refractivity contribution >= 4 is 31.4 Å². The maximum Gasteiger partial charge on any atom is 0.158 e. The smallest absolute Gasteiger partial charge is 0.158 e. The van der Waals surface area contributed by atoms with Gasteiger partial charge in [-0.1, -0.05) is 64.1 Å². The first-order valence-corrected chi connectivity index (χ1v) is 10.6. The zero-order valence-corrected chi connectivity index (χ0v) is 13.8. The first-order valence-electron chi connectivity index (χ1n) is 6.07. The number of rotatable bonds is 5. The molecule has 0 heterocycles. The van der Waals surface area contributed by atoms with Gasteiger partial charge >= 0.3 is 0 Å². The van der Waals surface area contributed by atoms with Crippen LogP contribution in [0.25, 0.3) is 0 Å². The largest absolute Gasteiger partial charge is 0.228 e. The van der Waals surface area contributed by atoms with E-state index >= 15 is 0 Å². The zero-order chi connectivity index (χ0) is 14.6. The number of benzene rings is 2. The van der Waals surface area contributed by atoms with E-state index in [9.17, 15) is 8.42 Å². The van der Waals surface area contributed by atoms with Crippen molar-refractivity contribution in [1.29, 1.82) is 0 Å². The average Bonchev–Trinajstić information content (AvgIpc) is 2.39. The van der Waals surface area contributed by atoms with Crippen LogP contribution in [0.4, 0.5) is 0 Å². The third kappa shape index (κ3) is 3.81. The molecular weight excluding hydrogens is 308 g/mol. The molecule has 0 radical (unpaired) electrons. The monoisotopic (exact) mass is 324 g/mol. The van der Waals surface area contributed by atoms with E-state index in [-0.39, 0.29) is 0 Å². The van der Waals surface area contributed by atoms with Gasteiger partial charge in [-0.05, 0) is 29.5 Å². The fourth-order valence-corrected chi connectivity index (χ4v) is 4.83. The van der Waals surface area contributed by atoms with Crippen LogP contribution in [0.5, 0.6) is 0 Å². The summed E-state index contributed by atoms with van der Waals surface area (Å²) in [7, 11) is 0.0614. The van der Waals surface area contributed by atoms with Crippen LogP contribution in [0.2, 0.25) is 0 Å². The van der Waals surface area contributed by atoms with Gasteiger partial charge < -0.3 is 0 Å². The molecule has 2 nitrogen and oxygen atoms in total. The average molecular weight is 324 g/mol. The van der Waals surface area contributed by atoms with Gasteiger partial charge in [0.2, 0.25) is 0 Å². The second-order valence-corrected chi connectivity index (χ2v) is 9.04. The van der Waals surface area contributed by atoms with E-state index in [0.29, 0.717) is 0 Å². The molecule has 0 bridgehead atoms. The molecule has 20 heavy (non-hydrogen) atoms. The Bertz CT molecular complexity index is 667. The van der Waals surface area contributed by atoms with Crippen molar-refractivity contribution in [2.45, 2.75) is 10.1 Å². The van der Waals surface area contributed by atoms with Crippen molar-refractivity contribution in [2.24, 2.45) is 0 Å². The molecule has 0 saturated heterocycles. The fraction of sp³-hybridized carbons (Fsp3) is 0.200. The quantitative estimate of drug-likeness (QED) is 0.772. The van der Waals surface area contributed by atoms with Gasteiger partial charge in [0, 0.05) is 11.2 Å². The number of sulfone groups is 1. The van der Waals surface area contributed by atoms with Crippen molar-refractivity contribution in [2.75, 3.05) is 12.5 Å². The molecule has 2 aromatic carbocycles. The second kappa shape index (κ2) is 6.70. The highest BCUT2D eigenvalue weighted by molar-refractivity contribution is 8.76. The minimum Gasteiger partial charge on any atom is -0.228 e. The summed E-state index contributed by atoms with van der Waals surface area (Å²) in [6.45, 7) is 0. The Labute approximate surface area is 128 Å². The first kappa shape index (κ1) is 15.5. The Morgan fingerprint density at radius 2 is 1.60 bits per heavy atom. The van der Waals surface area contributed by atoms with Gasteiger partial charge in [0.15, 0.2) is 9.84 Å². The zero-order valence-electron chi connectivity index (χ0n) is 11.3. The molecule has 0 N–H and O–H groups in total. The van der Waals surface area contributed by atoms with E-state index in [4.69, 9.17) is 0 Å². The number of hydrogen-bond acceptors (Lipinski definition) is 4. The molecule has 0 saturated carbocycles. The highest BCUT2D eigenvalue weighted by Crippen LogP contribution is 2.34. The van der Waals surface area contributed by atoms with Gasteiger partial charge in [0.05, 0.1) is 0 Å². The normalized spacial score (nSPS) is 13.1. The van der Waals surface area contributed by atoms with Gasteiger partial charge in [0.1, 0.15) is 5.25 Å². The summed E-state index contributed by atoms with van der Waals surface area (Å²) in [5.74, 6) is 0. The van der Waals surface area contributed by atoms with E-state index < -0.39 is 15.1 Å². The molecule has 0 aliphatic rings. The van der Waals surface area contributed by atoms with Crippen molar-refractivity contribution in [3.05, 3.63) is 65.7 Å². The third-order valence-electron chi connectivity index (χ3n) is 2.87. The topological polar surface area (TPSA) is 34.1 Å². The maximum atomic E-state index is 12.2. The van der Waals surface area contributed by atoms with Crippen molar-refractivity contribution < 1.29 is 8.42 Å². The first-order chi connectivity index (χ1) is 9.52. The Balaban J connectivity index is 2.51. The van der Waals surface area contributed by atoms with Crippen molar-refractivity contribution in [3.63, 3.8) is 0 Å². The SMILES string of the molecule is CSSc1cccc(C(c2ccccc2)S(C)(=O)=O)c1. The summed E-state index contributed by atoms with van der Waals surface area (Å²) in [4.78, 5) is 1.07. The Morgan fingerprint density at radius 3 is 2.20 bits per heavy atom. The number of hydrogen-bond donors (Lipinski definition) is 0. The molecule has 0 fully saturated rings. The molecule has 2 aromatic rings. The standard InChI is InChI=1S/C15H16O2S3/c1-18-19-14-10-6-9-13(11-14)15(20(2,16)17)12-7-4-3-5-8-12/h3-11,15H,1-2H3. The lowest BCUT2D eigenvalue weighted by Gasteiger charge is -2.16. The molecule has 1 atom stereocenters. The van der Waals surface area contributed by atoms with Crippen LogP contribution in [0.1, 0.15) is 16.4 Å². The van der Waals surface area contributed by atoms with E-state index in [1.807, 2.05) is 60.9 Å². The maximum absolute atomic E-state index is 12.2. The van der Waals surface area contributed by atoms with E-state index in [1.54, 1.807) is 21.6 Å². The molecule has 106 valence electrons. The van der Waals surface area contributed by atoms with Gasteiger partial charge in [0.25, 0.3) is 0 Å². The molecule has 2 rings (SSSR count). The molecule has 0 aliphatic carbocycles. The molecular formula is C15H16O2S3. The molecule has 5 heteroatoms. The summed E-state index contributed by atoms with van der Waals surface area (Å²) in [5.41, 5.74) is 1.62. The van der Waals surface area contributed by atoms with Crippen LogP contribution in [0, 0.1) is 0 Å². The summed E-state index contributed by atoms with van der Waals surface area (Å²) in [6.07, 6.45) is 3.29. The van der Waals surface area contributed by atoms with Gasteiger partial charge in [-0.15, -0.1) is 0 Å². The molecule has 0 spiro atoms. The van der Waals surface area contributed by atoms with Crippen LogP contribution < -0.4 is 0 Å². The van der Waals surface area contributed by atoms with E-state index in [1.165, 1.54) is 6.26 Å². The lowest BCUT2D eigenvalue weighted by atomic mass is 10.0. The predicted molar refractivity (Wildman–Crippen MR) is 88.9 cm³/mol. The minimum atomic E-state index is -3.22. The molecule has 0 amide bonds. The molecule has 0 aromatic heterocycles. The van der Waals surface area contributed by atoms with Crippen LogP contribution in [-0.4, -0.2) is 20.9 Å². The lowest BCUT2D eigenvalue weighted by molar-refractivity contribution is 0.595.